The van der Waals surface area contributed by atoms with Gasteiger partial charge in [0, 0.05) is 0 Å². The molecule has 1 rings (SSSR count). The first-order chi connectivity index (χ1) is 10.7. The molecule has 1 aromatic carbocycles. The summed E-state index contributed by atoms with van der Waals surface area (Å²) in [4.78, 5) is 23.2. The minimum Gasteiger partial charge on any atom is -0.508 e. The second-order valence-electron chi connectivity index (χ2n) is 4.77. The van der Waals surface area contributed by atoms with Gasteiger partial charge in [-0.15, -0.1) is 0 Å². The van der Waals surface area contributed by atoms with E-state index in [1.165, 1.54) is 12.1 Å². The van der Waals surface area contributed by atoms with Crippen molar-refractivity contribution in [2.24, 2.45) is 5.73 Å². The van der Waals surface area contributed by atoms with E-state index >= 15 is 0 Å². The summed E-state index contributed by atoms with van der Waals surface area (Å²) in [5, 5.41) is 7.98. The number of aromatic hydroxyl groups is 1. The quantitative estimate of drug-likeness (QED) is 0.475. The third kappa shape index (κ3) is 4.85. The number of carbonyl (C=O) groups is 2. The molecule has 0 aliphatic rings. The maximum absolute atomic E-state index is 12.4. The van der Waals surface area contributed by atoms with Crippen LogP contribution in [0, 0.1) is 0 Å². The summed E-state index contributed by atoms with van der Waals surface area (Å²) >= 11 is 0. The number of phenolic OH excluding ortho intramolecular Hbond substituents is 1. The number of carbonyl (C=O) groups excluding carboxylic acids is 2. The number of primary amides is 1. The lowest BCUT2D eigenvalue weighted by molar-refractivity contribution is -0.142. The highest BCUT2D eigenvalue weighted by atomic mass is 32.2. The Hall–Kier alpha value is -2.29. The van der Waals surface area contributed by atoms with Crippen molar-refractivity contribution in [2.45, 2.75) is 31.9 Å². The van der Waals surface area contributed by atoms with Gasteiger partial charge < -0.3 is 15.6 Å². The smallest absolute Gasteiger partial charge is 0.326 e. The molecule has 0 fully saturated rings. The molecule has 0 saturated heterocycles. The molecule has 0 saturated carbocycles. The van der Waals surface area contributed by atoms with E-state index in [1.54, 1.807) is 13.8 Å². The number of nitrogens with one attached hydrogen (secondary N) is 1. The molecule has 4 N–H and O–H groups in total. The molecule has 0 aliphatic heterocycles. The second kappa shape index (κ2) is 7.82. The van der Waals surface area contributed by atoms with Gasteiger partial charge in [-0.2, -0.15) is 0 Å². The van der Waals surface area contributed by atoms with E-state index in [2.05, 4.69) is 4.72 Å². The van der Waals surface area contributed by atoms with Crippen LogP contribution >= 0.6 is 0 Å². The standard InChI is InChI=1S/C14H20N2O6S/c1-3-5-12(14(19)22-4-2)23(20,21)16-11-7-6-9(17)8-10(11)13(15)18/h6-8,12,16-17H,3-5H2,1-2H3,(H2,15,18). The minimum atomic E-state index is -4.14. The van der Waals surface area contributed by atoms with Crippen LogP contribution in [0.15, 0.2) is 18.2 Å². The van der Waals surface area contributed by atoms with Crippen molar-refractivity contribution >= 4 is 27.6 Å². The molecule has 9 heteroatoms. The fraction of sp³-hybridized carbons (Fsp3) is 0.429. The summed E-state index contributed by atoms with van der Waals surface area (Å²) in [5.41, 5.74) is 4.86. The lowest BCUT2D eigenvalue weighted by Crippen LogP contribution is -2.36. The van der Waals surface area contributed by atoms with Crippen molar-refractivity contribution in [1.82, 2.24) is 0 Å². The summed E-state index contributed by atoms with van der Waals surface area (Å²) in [7, 11) is -4.14. The van der Waals surface area contributed by atoms with Crippen LogP contribution in [-0.2, 0) is 19.6 Å². The molecule has 1 unspecified atom stereocenters. The fourth-order valence-electron chi connectivity index (χ4n) is 1.95. The van der Waals surface area contributed by atoms with Gasteiger partial charge in [0.25, 0.3) is 5.91 Å². The first kappa shape index (κ1) is 18.8. The average Bonchev–Trinajstić information content (AvgIpc) is 2.46. The number of benzene rings is 1. The van der Waals surface area contributed by atoms with E-state index in [4.69, 9.17) is 10.5 Å². The van der Waals surface area contributed by atoms with Crippen LogP contribution in [-0.4, -0.2) is 37.3 Å². The zero-order valence-corrected chi connectivity index (χ0v) is 13.7. The largest absolute Gasteiger partial charge is 0.508 e. The zero-order valence-electron chi connectivity index (χ0n) is 12.9. The molecule has 128 valence electrons. The number of sulfonamides is 1. The Morgan fingerprint density at radius 2 is 2.00 bits per heavy atom. The maximum atomic E-state index is 12.4. The van der Waals surface area contributed by atoms with E-state index in [9.17, 15) is 23.1 Å². The predicted molar refractivity (Wildman–Crippen MR) is 84.5 cm³/mol. The summed E-state index contributed by atoms with van der Waals surface area (Å²) in [6, 6.07) is 3.43. The first-order valence-corrected chi connectivity index (χ1v) is 8.58. The van der Waals surface area contributed by atoms with Crippen molar-refractivity contribution in [3.05, 3.63) is 23.8 Å². The summed E-state index contributed by atoms with van der Waals surface area (Å²) in [6.45, 7) is 3.36. The summed E-state index contributed by atoms with van der Waals surface area (Å²) < 4.78 is 31.8. The number of nitrogens with two attached hydrogens (primary N) is 1. The molecule has 1 aromatic rings. The van der Waals surface area contributed by atoms with E-state index in [1.807, 2.05) is 0 Å². The predicted octanol–water partition coefficient (Wildman–Crippen LogP) is 0.965. The van der Waals surface area contributed by atoms with Gasteiger partial charge in [-0.3, -0.25) is 14.3 Å². The van der Waals surface area contributed by atoms with Crippen molar-refractivity contribution in [2.75, 3.05) is 11.3 Å². The lowest BCUT2D eigenvalue weighted by Gasteiger charge is -2.18. The number of phenols is 1. The maximum Gasteiger partial charge on any atom is 0.326 e. The van der Waals surface area contributed by atoms with E-state index < -0.39 is 27.1 Å². The summed E-state index contributed by atoms with van der Waals surface area (Å²) in [6.07, 6.45) is 0.515. The molecule has 1 amide bonds. The third-order valence-corrected chi connectivity index (χ3v) is 4.68. The van der Waals surface area contributed by atoms with Gasteiger partial charge in [-0.05, 0) is 31.5 Å². The topological polar surface area (TPSA) is 136 Å². The Bertz CT molecular complexity index is 687. The normalized spacial score (nSPS) is 12.4. The van der Waals surface area contributed by atoms with Crippen LogP contribution in [0.4, 0.5) is 5.69 Å². The van der Waals surface area contributed by atoms with Crippen LogP contribution in [0.1, 0.15) is 37.0 Å². The molecule has 0 radical (unpaired) electrons. The van der Waals surface area contributed by atoms with Gasteiger partial charge in [-0.25, -0.2) is 8.42 Å². The number of esters is 1. The Morgan fingerprint density at radius 1 is 1.35 bits per heavy atom. The van der Waals surface area contributed by atoms with Crippen molar-refractivity contribution in [3.8, 4) is 5.75 Å². The van der Waals surface area contributed by atoms with Crippen LogP contribution in [0.2, 0.25) is 0 Å². The zero-order chi connectivity index (χ0) is 17.6. The molecule has 23 heavy (non-hydrogen) atoms. The van der Waals surface area contributed by atoms with Gasteiger partial charge in [0.15, 0.2) is 5.25 Å². The van der Waals surface area contributed by atoms with E-state index in [0.29, 0.717) is 6.42 Å². The Balaban J connectivity index is 3.18. The Kier molecular flexibility index (Phi) is 6.38. The van der Waals surface area contributed by atoms with Gasteiger partial charge in [0.05, 0.1) is 17.9 Å². The highest BCUT2D eigenvalue weighted by Crippen LogP contribution is 2.24. The first-order valence-electron chi connectivity index (χ1n) is 7.04. The number of hydrogen-bond acceptors (Lipinski definition) is 6. The highest BCUT2D eigenvalue weighted by Gasteiger charge is 2.33. The average molecular weight is 344 g/mol. The van der Waals surface area contributed by atoms with Crippen LogP contribution in [0.25, 0.3) is 0 Å². The molecular formula is C14H20N2O6S. The number of ether oxygens (including phenoxy) is 1. The molecule has 0 aliphatic carbocycles. The van der Waals surface area contributed by atoms with Gasteiger partial charge >= 0.3 is 5.97 Å². The molecule has 0 bridgehead atoms. The van der Waals surface area contributed by atoms with Gasteiger partial charge in [-0.1, -0.05) is 13.3 Å². The molecule has 0 aromatic heterocycles. The monoisotopic (exact) mass is 344 g/mol. The summed E-state index contributed by atoms with van der Waals surface area (Å²) in [5.74, 6) is -2.01. The number of anilines is 1. The van der Waals surface area contributed by atoms with Gasteiger partial charge in [0.2, 0.25) is 10.0 Å². The molecule has 0 heterocycles. The van der Waals surface area contributed by atoms with Crippen molar-refractivity contribution in [3.63, 3.8) is 0 Å². The van der Waals surface area contributed by atoms with Crippen molar-refractivity contribution < 1.29 is 27.9 Å². The molecular weight excluding hydrogens is 324 g/mol. The molecule has 0 spiro atoms. The number of hydrogen-bond donors (Lipinski definition) is 3. The van der Waals surface area contributed by atoms with Crippen LogP contribution in [0.3, 0.4) is 0 Å². The van der Waals surface area contributed by atoms with E-state index in [-0.39, 0.29) is 30.0 Å². The second-order valence-corrected chi connectivity index (χ2v) is 6.63. The number of amides is 1. The Morgan fingerprint density at radius 3 is 2.52 bits per heavy atom. The van der Waals surface area contributed by atoms with Crippen molar-refractivity contribution in [1.29, 1.82) is 0 Å². The van der Waals surface area contributed by atoms with E-state index in [0.717, 1.165) is 6.07 Å². The van der Waals surface area contributed by atoms with Gasteiger partial charge in [0.1, 0.15) is 5.75 Å². The fourth-order valence-corrected chi connectivity index (χ4v) is 3.44. The van der Waals surface area contributed by atoms with Crippen LogP contribution < -0.4 is 10.5 Å². The number of rotatable bonds is 8. The minimum absolute atomic E-state index is 0.0559. The van der Waals surface area contributed by atoms with Crippen LogP contribution in [0.5, 0.6) is 5.75 Å². The third-order valence-electron chi connectivity index (χ3n) is 3.00. The SMILES string of the molecule is CCCC(C(=O)OCC)S(=O)(=O)Nc1ccc(O)cc1C(N)=O. The molecule has 1 atom stereocenters. The highest BCUT2D eigenvalue weighted by molar-refractivity contribution is 7.94. The Labute approximate surface area is 134 Å². The molecule has 8 nitrogen and oxygen atoms in total. The lowest BCUT2D eigenvalue weighted by atomic mass is 10.1.